The molecule has 8 rings (SSSR count). The second kappa shape index (κ2) is 18.5. The molecule has 0 saturated carbocycles. The smallest absolute Gasteiger partial charge is 0.0834 e. The molecule has 2 aromatic heterocycles. The van der Waals surface area contributed by atoms with Crippen LogP contribution < -0.4 is 5.32 Å². The van der Waals surface area contributed by atoms with Crippen LogP contribution >= 0.6 is 35.1 Å². The van der Waals surface area contributed by atoms with Gasteiger partial charge < -0.3 is 14.8 Å². The van der Waals surface area contributed by atoms with Crippen molar-refractivity contribution in [2.24, 2.45) is 0 Å². The fourth-order valence-electron chi connectivity index (χ4n) is 5.67. The summed E-state index contributed by atoms with van der Waals surface area (Å²) in [6.07, 6.45) is 0.732. The molecule has 6 aromatic rings. The van der Waals surface area contributed by atoms with Crippen LogP contribution in [0.1, 0.15) is 48.2 Å². The average Bonchev–Trinajstić information content (AvgIpc) is 3.67. The van der Waals surface area contributed by atoms with Gasteiger partial charge in [0, 0.05) is 45.3 Å². The van der Waals surface area contributed by atoms with E-state index in [2.05, 4.69) is 132 Å². The minimum absolute atomic E-state index is 0. The van der Waals surface area contributed by atoms with Crippen molar-refractivity contribution >= 4 is 55.3 Å². The summed E-state index contributed by atoms with van der Waals surface area (Å²) < 4.78 is 14.6. The first-order valence-electron chi connectivity index (χ1n) is 16.0. The Balaban J connectivity index is 0.000000224. The van der Waals surface area contributed by atoms with Crippen LogP contribution in [0.2, 0.25) is 0 Å². The molecule has 47 heavy (non-hydrogen) atoms. The minimum atomic E-state index is 0. The summed E-state index contributed by atoms with van der Waals surface area (Å²) in [7, 11) is 0. The second-order valence-corrected chi connectivity index (χ2v) is 13.5. The number of ether oxygens (including phenoxy) is 2. The number of thiophene rings is 2. The molecule has 0 radical (unpaired) electrons. The van der Waals surface area contributed by atoms with E-state index in [0.29, 0.717) is 24.9 Å². The summed E-state index contributed by atoms with van der Waals surface area (Å²) in [6, 6.07) is 43.4. The number of rotatable bonds is 9. The van der Waals surface area contributed by atoms with Gasteiger partial charge in [-0.2, -0.15) is 0 Å². The lowest BCUT2D eigenvalue weighted by Crippen LogP contribution is -2.53. The molecule has 2 aliphatic heterocycles. The maximum atomic E-state index is 6.21. The average molecular weight is 687 g/mol. The SMILES string of the molecule is C.CC.Cl.c1ccc(C(c2ccccc2)N2CC(OCc3cc4ccccc4s3)C2)cc1.c1ccc2sc(COC3CNC3)cc2c1. The third-order valence-corrected chi connectivity index (χ3v) is 10.3. The quantitative estimate of drug-likeness (QED) is 0.164. The highest BCUT2D eigenvalue weighted by Gasteiger charge is 2.34. The zero-order valence-electron chi connectivity index (χ0n) is 26.5. The number of fused-ring (bicyclic) bond motifs is 2. The Kier molecular flexibility index (Phi) is 14.4. The predicted molar refractivity (Wildman–Crippen MR) is 205 cm³/mol. The molecule has 0 unspecified atom stereocenters. The Bertz CT molecular complexity index is 1640. The van der Waals surface area contributed by atoms with Gasteiger partial charge in [-0.3, -0.25) is 4.90 Å². The van der Waals surface area contributed by atoms with Crippen LogP contribution in [0.5, 0.6) is 0 Å². The number of likely N-dealkylation sites (tertiary alicyclic amines) is 1. The van der Waals surface area contributed by atoms with Crippen LogP contribution in [0.25, 0.3) is 20.2 Å². The van der Waals surface area contributed by atoms with Gasteiger partial charge in [-0.15, -0.1) is 35.1 Å². The molecule has 2 saturated heterocycles. The molecule has 4 heterocycles. The molecular weight excluding hydrogens is 640 g/mol. The Morgan fingerprint density at radius 1 is 0.638 bits per heavy atom. The van der Waals surface area contributed by atoms with Gasteiger partial charge in [0.05, 0.1) is 31.5 Å². The lowest BCUT2D eigenvalue weighted by Gasteiger charge is -2.44. The number of benzene rings is 4. The summed E-state index contributed by atoms with van der Waals surface area (Å²) in [4.78, 5) is 5.14. The van der Waals surface area contributed by atoms with E-state index in [0.717, 1.165) is 32.8 Å². The molecule has 4 aromatic carbocycles. The first-order chi connectivity index (χ1) is 22.3. The van der Waals surface area contributed by atoms with Gasteiger partial charge in [-0.1, -0.05) is 118 Å². The molecule has 0 spiro atoms. The highest BCUT2D eigenvalue weighted by Crippen LogP contribution is 2.34. The molecular formula is C40H47ClN2O2S2. The highest BCUT2D eigenvalue weighted by atomic mass is 35.5. The second-order valence-electron chi connectivity index (χ2n) is 11.2. The van der Waals surface area contributed by atoms with Crippen molar-refractivity contribution in [3.63, 3.8) is 0 Å². The number of hydrogen-bond acceptors (Lipinski definition) is 6. The molecule has 0 bridgehead atoms. The summed E-state index contributed by atoms with van der Waals surface area (Å²) in [5.41, 5.74) is 2.69. The van der Waals surface area contributed by atoms with Gasteiger partial charge >= 0.3 is 0 Å². The normalized spacial score (nSPS) is 14.5. The van der Waals surface area contributed by atoms with E-state index < -0.39 is 0 Å². The van der Waals surface area contributed by atoms with Crippen LogP contribution in [-0.2, 0) is 22.7 Å². The summed E-state index contributed by atoms with van der Waals surface area (Å²) in [5.74, 6) is 0. The van der Waals surface area contributed by atoms with Crippen LogP contribution in [0.15, 0.2) is 121 Å². The van der Waals surface area contributed by atoms with Crippen LogP contribution in [0.4, 0.5) is 0 Å². The van der Waals surface area contributed by atoms with Gasteiger partial charge in [0.2, 0.25) is 0 Å². The van der Waals surface area contributed by atoms with E-state index in [1.54, 1.807) is 0 Å². The van der Waals surface area contributed by atoms with Crippen molar-refractivity contribution in [1.29, 1.82) is 0 Å². The van der Waals surface area contributed by atoms with Crippen molar-refractivity contribution in [3.05, 3.63) is 142 Å². The van der Waals surface area contributed by atoms with E-state index in [-0.39, 0.29) is 19.8 Å². The van der Waals surface area contributed by atoms with Crippen molar-refractivity contribution in [1.82, 2.24) is 10.2 Å². The molecule has 0 aliphatic carbocycles. The fourth-order valence-corrected chi connectivity index (χ4v) is 7.64. The van der Waals surface area contributed by atoms with Gasteiger partial charge in [-0.05, 0) is 46.2 Å². The van der Waals surface area contributed by atoms with E-state index in [1.165, 1.54) is 41.1 Å². The van der Waals surface area contributed by atoms with Gasteiger partial charge in [0.1, 0.15) is 0 Å². The number of hydrogen-bond donors (Lipinski definition) is 1. The number of halogens is 1. The summed E-state index contributed by atoms with van der Waals surface area (Å²) >= 11 is 3.66. The Hall–Kier alpha value is -3.07. The van der Waals surface area contributed by atoms with Crippen LogP contribution in [-0.4, -0.2) is 43.3 Å². The summed E-state index contributed by atoms with van der Waals surface area (Å²) in [6.45, 7) is 9.42. The number of nitrogens with one attached hydrogen (secondary N) is 1. The molecule has 7 heteroatoms. The molecule has 2 aliphatic rings. The van der Waals surface area contributed by atoms with E-state index in [4.69, 9.17) is 9.47 Å². The Morgan fingerprint density at radius 2 is 1.06 bits per heavy atom. The first-order valence-corrected chi connectivity index (χ1v) is 17.6. The standard InChI is InChI=1S/C25H23NOS.C12H13NOS.C2H6.CH4.ClH/c1-3-9-19(10-4-1)25(20-11-5-2-6-12-20)26-16-22(17-26)27-18-23-15-21-13-7-8-14-24(21)28-23;1-2-4-12-9(3-1)5-11(15-12)8-14-10-6-13-7-10;1-2;;/h1-15,22,25H,16-18H2;1-5,10,13H,6-8H2;1-2H3;1H4;1H. The third kappa shape index (κ3) is 9.52. The highest BCUT2D eigenvalue weighted by molar-refractivity contribution is 7.19. The van der Waals surface area contributed by atoms with Crippen molar-refractivity contribution in [3.8, 4) is 0 Å². The Morgan fingerprint density at radius 3 is 1.49 bits per heavy atom. The van der Waals surface area contributed by atoms with Crippen LogP contribution in [0.3, 0.4) is 0 Å². The van der Waals surface area contributed by atoms with Crippen molar-refractivity contribution in [2.45, 2.75) is 52.7 Å². The molecule has 1 N–H and O–H groups in total. The third-order valence-electron chi connectivity index (χ3n) is 8.09. The van der Waals surface area contributed by atoms with Gasteiger partial charge in [0.25, 0.3) is 0 Å². The predicted octanol–water partition coefficient (Wildman–Crippen LogP) is 10.4. The zero-order chi connectivity index (χ0) is 30.8. The van der Waals surface area contributed by atoms with Gasteiger partial charge in [0.15, 0.2) is 0 Å². The largest absolute Gasteiger partial charge is 0.370 e. The number of nitrogens with zero attached hydrogens (tertiary/aromatic N) is 1. The van der Waals surface area contributed by atoms with E-state index in [9.17, 15) is 0 Å². The zero-order valence-corrected chi connectivity index (χ0v) is 29.0. The monoisotopic (exact) mass is 686 g/mol. The minimum Gasteiger partial charge on any atom is -0.370 e. The maximum Gasteiger partial charge on any atom is 0.0834 e. The van der Waals surface area contributed by atoms with Crippen molar-refractivity contribution < 1.29 is 9.47 Å². The first kappa shape index (κ1) is 36.8. The lowest BCUT2D eigenvalue weighted by molar-refractivity contribution is -0.0733. The van der Waals surface area contributed by atoms with E-state index >= 15 is 0 Å². The molecule has 248 valence electrons. The van der Waals surface area contributed by atoms with Gasteiger partial charge in [-0.25, -0.2) is 0 Å². The molecule has 0 atom stereocenters. The molecule has 2 fully saturated rings. The Labute approximate surface area is 294 Å². The van der Waals surface area contributed by atoms with E-state index in [1.807, 2.05) is 36.5 Å². The lowest BCUT2D eigenvalue weighted by atomic mass is 9.94. The molecule has 4 nitrogen and oxygen atoms in total. The molecule has 0 amide bonds. The summed E-state index contributed by atoms with van der Waals surface area (Å²) in [5, 5.41) is 5.84. The van der Waals surface area contributed by atoms with Crippen LogP contribution in [0, 0.1) is 0 Å². The maximum absolute atomic E-state index is 6.21. The fraction of sp³-hybridized carbons (Fsp3) is 0.300. The topological polar surface area (TPSA) is 33.7 Å². The van der Waals surface area contributed by atoms with Crippen molar-refractivity contribution in [2.75, 3.05) is 26.2 Å².